The first kappa shape index (κ1) is 18.6. The number of pyridine rings is 1. The number of rotatable bonds is 7. The Morgan fingerprint density at radius 3 is 2.68 bits per heavy atom. The highest BCUT2D eigenvalue weighted by Gasteiger charge is 2.18. The van der Waals surface area contributed by atoms with Crippen molar-refractivity contribution in [2.45, 2.75) is 19.9 Å². The molecule has 0 spiro atoms. The average molecular weight is 343 g/mol. The summed E-state index contributed by atoms with van der Waals surface area (Å²) in [5.41, 5.74) is 1.17. The van der Waals surface area contributed by atoms with Crippen LogP contribution in [-0.2, 0) is 11.3 Å². The van der Waals surface area contributed by atoms with Crippen molar-refractivity contribution >= 4 is 17.5 Å². The normalized spacial score (nSPS) is 11.7. The zero-order valence-electron chi connectivity index (χ0n) is 14.6. The van der Waals surface area contributed by atoms with Crippen LogP contribution in [0.5, 0.6) is 0 Å². The van der Waals surface area contributed by atoms with E-state index >= 15 is 0 Å². The van der Waals surface area contributed by atoms with Crippen molar-refractivity contribution in [1.29, 1.82) is 0 Å². The summed E-state index contributed by atoms with van der Waals surface area (Å²) in [4.78, 5) is 30.6. The van der Waals surface area contributed by atoms with E-state index in [-0.39, 0.29) is 23.7 Å². The van der Waals surface area contributed by atoms with Crippen LogP contribution in [0, 0.1) is 11.7 Å². The van der Waals surface area contributed by atoms with Gasteiger partial charge in [-0.2, -0.15) is 0 Å². The number of nitrogens with one attached hydrogen (secondary N) is 1. The molecule has 0 saturated carbocycles. The fraction of sp³-hybridized carbons (Fsp3) is 0.316. The molecule has 1 aromatic carbocycles. The third-order valence-electron chi connectivity index (χ3n) is 3.83. The summed E-state index contributed by atoms with van der Waals surface area (Å²) < 4.78 is 13.2. The molecule has 1 aromatic heterocycles. The van der Waals surface area contributed by atoms with Gasteiger partial charge in [-0.05, 0) is 18.2 Å². The Balaban J connectivity index is 1.94. The predicted octanol–water partition coefficient (Wildman–Crippen LogP) is 2.81. The zero-order chi connectivity index (χ0) is 18.4. The van der Waals surface area contributed by atoms with Crippen LogP contribution in [-0.4, -0.2) is 30.8 Å². The molecule has 0 aliphatic heterocycles. The molecule has 2 aromatic rings. The van der Waals surface area contributed by atoms with Crippen molar-refractivity contribution in [1.82, 2.24) is 10.3 Å². The van der Waals surface area contributed by atoms with Gasteiger partial charge in [0.1, 0.15) is 11.6 Å². The largest absolute Gasteiger partial charge is 0.362 e. The first-order valence-electron chi connectivity index (χ1n) is 8.06. The zero-order valence-corrected chi connectivity index (χ0v) is 14.6. The van der Waals surface area contributed by atoms with Gasteiger partial charge < -0.3 is 10.2 Å². The second kappa shape index (κ2) is 8.37. The lowest BCUT2D eigenvalue weighted by atomic mass is 9.99. The molecule has 25 heavy (non-hydrogen) atoms. The number of ketones is 1. The molecule has 0 aliphatic carbocycles. The van der Waals surface area contributed by atoms with Gasteiger partial charge in [-0.3, -0.25) is 9.59 Å². The summed E-state index contributed by atoms with van der Waals surface area (Å²) in [5.74, 6) is -0.659. The lowest BCUT2D eigenvalue weighted by Crippen LogP contribution is -2.30. The molecule has 0 aliphatic rings. The van der Waals surface area contributed by atoms with Crippen molar-refractivity contribution in [3.63, 3.8) is 0 Å². The number of nitrogens with zero attached hydrogens (tertiary/aromatic N) is 2. The topological polar surface area (TPSA) is 62.3 Å². The number of Topliss-reactive ketones (excluding diaryl/α,β-unsaturated/α-hetero) is 1. The first-order valence-corrected chi connectivity index (χ1v) is 8.06. The van der Waals surface area contributed by atoms with E-state index in [1.165, 1.54) is 18.2 Å². The first-order chi connectivity index (χ1) is 11.9. The maximum Gasteiger partial charge on any atom is 0.223 e. The van der Waals surface area contributed by atoms with Gasteiger partial charge in [0, 0.05) is 50.3 Å². The Morgan fingerprint density at radius 1 is 1.24 bits per heavy atom. The third kappa shape index (κ3) is 5.11. The Kier molecular flexibility index (Phi) is 6.22. The number of carbonyl (C=O) groups is 2. The fourth-order valence-electron chi connectivity index (χ4n) is 2.48. The van der Waals surface area contributed by atoms with E-state index in [0.29, 0.717) is 6.54 Å². The smallest absolute Gasteiger partial charge is 0.223 e. The number of amides is 1. The number of halogens is 1. The summed E-state index contributed by atoms with van der Waals surface area (Å²) in [7, 11) is 3.77. The Bertz CT molecular complexity index is 762. The third-order valence-corrected chi connectivity index (χ3v) is 3.83. The SMILES string of the molecule is CC(CC(=O)c1cccc(F)c1)C(=O)NCc1cccnc1N(C)C. The van der Waals surface area contributed by atoms with Crippen LogP contribution in [0.3, 0.4) is 0 Å². The lowest BCUT2D eigenvalue weighted by molar-refractivity contribution is -0.124. The molecule has 0 saturated heterocycles. The van der Waals surface area contributed by atoms with Crippen molar-refractivity contribution < 1.29 is 14.0 Å². The summed E-state index contributed by atoms with van der Waals surface area (Å²) in [6, 6.07) is 9.21. The van der Waals surface area contributed by atoms with Gasteiger partial charge in [0.15, 0.2) is 5.78 Å². The number of hydrogen-bond donors (Lipinski definition) is 1. The Hall–Kier alpha value is -2.76. The molecular weight excluding hydrogens is 321 g/mol. The second-order valence-electron chi connectivity index (χ2n) is 6.14. The average Bonchev–Trinajstić information content (AvgIpc) is 2.59. The van der Waals surface area contributed by atoms with Crippen LogP contribution >= 0.6 is 0 Å². The molecule has 6 heteroatoms. The number of hydrogen-bond acceptors (Lipinski definition) is 4. The van der Waals surface area contributed by atoms with Gasteiger partial charge in [0.25, 0.3) is 0 Å². The molecule has 0 radical (unpaired) electrons. The Morgan fingerprint density at radius 2 is 2.00 bits per heavy atom. The molecule has 2 rings (SSSR count). The van der Waals surface area contributed by atoms with Crippen LogP contribution < -0.4 is 10.2 Å². The van der Waals surface area contributed by atoms with Crippen LogP contribution in [0.1, 0.15) is 29.3 Å². The molecule has 132 valence electrons. The molecule has 1 unspecified atom stereocenters. The fourth-order valence-corrected chi connectivity index (χ4v) is 2.48. The molecule has 0 bridgehead atoms. The number of carbonyl (C=O) groups excluding carboxylic acids is 2. The highest BCUT2D eigenvalue weighted by atomic mass is 19.1. The van der Waals surface area contributed by atoms with E-state index < -0.39 is 11.7 Å². The van der Waals surface area contributed by atoms with Gasteiger partial charge in [0.2, 0.25) is 5.91 Å². The van der Waals surface area contributed by atoms with Crippen LogP contribution in [0.15, 0.2) is 42.6 Å². The summed E-state index contributed by atoms with van der Waals surface area (Å²) in [6.45, 7) is 2.02. The molecule has 1 atom stereocenters. The summed E-state index contributed by atoms with van der Waals surface area (Å²) >= 11 is 0. The van der Waals surface area contributed by atoms with Gasteiger partial charge in [0.05, 0.1) is 0 Å². The highest BCUT2D eigenvalue weighted by molar-refractivity contribution is 5.98. The van der Waals surface area contributed by atoms with Gasteiger partial charge in [-0.1, -0.05) is 25.1 Å². The maximum atomic E-state index is 13.2. The van der Waals surface area contributed by atoms with Crippen LogP contribution in [0.2, 0.25) is 0 Å². The van der Waals surface area contributed by atoms with Crippen LogP contribution in [0.4, 0.5) is 10.2 Å². The second-order valence-corrected chi connectivity index (χ2v) is 6.14. The van der Waals surface area contributed by atoms with Gasteiger partial charge >= 0.3 is 0 Å². The van der Waals surface area contributed by atoms with E-state index in [1.807, 2.05) is 31.1 Å². The molecule has 5 nitrogen and oxygen atoms in total. The number of benzene rings is 1. The van der Waals surface area contributed by atoms with Gasteiger partial charge in [-0.25, -0.2) is 9.37 Å². The van der Waals surface area contributed by atoms with E-state index in [4.69, 9.17) is 0 Å². The van der Waals surface area contributed by atoms with Crippen molar-refractivity contribution in [2.24, 2.45) is 5.92 Å². The quantitative estimate of drug-likeness (QED) is 0.785. The molecule has 1 N–H and O–H groups in total. The predicted molar refractivity (Wildman–Crippen MR) is 94.9 cm³/mol. The standard InChI is InChI=1S/C19H22FN3O2/c1-13(10-17(24)14-6-4-8-16(20)11-14)19(25)22-12-15-7-5-9-21-18(15)23(2)3/h4-9,11,13H,10,12H2,1-3H3,(H,22,25). The lowest BCUT2D eigenvalue weighted by Gasteiger charge is -2.17. The highest BCUT2D eigenvalue weighted by Crippen LogP contribution is 2.15. The molecular formula is C19H22FN3O2. The monoisotopic (exact) mass is 343 g/mol. The van der Waals surface area contributed by atoms with Crippen LogP contribution in [0.25, 0.3) is 0 Å². The molecule has 0 fully saturated rings. The number of anilines is 1. The minimum Gasteiger partial charge on any atom is -0.362 e. The summed E-state index contributed by atoms with van der Waals surface area (Å²) in [6.07, 6.45) is 1.73. The van der Waals surface area contributed by atoms with Gasteiger partial charge in [-0.15, -0.1) is 0 Å². The van der Waals surface area contributed by atoms with Crippen molar-refractivity contribution in [2.75, 3.05) is 19.0 Å². The maximum absolute atomic E-state index is 13.2. The van der Waals surface area contributed by atoms with E-state index in [0.717, 1.165) is 11.4 Å². The van der Waals surface area contributed by atoms with E-state index in [9.17, 15) is 14.0 Å². The molecule has 1 heterocycles. The Labute approximate surface area is 146 Å². The van der Waals surface area contributed by atoms with E-state index in [2.05, 4.69) is 10.3 Å². The minimum absolute atomic E-state index is 0.0306. The van der Waals surface area contributed by atoms with Crippen molar-refractivity contribution in [3.05, 3.63) is 59.5 Å². The van der Waals surface area contributed by atoms with E-state index in [1.54, 1.807) is 19.2 Å². The van der Waals surface area contributed by atoms with Crippen molar-refractivity contribution in [3.8, 4) is 0 Å². The molecule has 1 amide bonds. The summed E-state index contributed by atoms with van der Waals surface area (Å²) in [5, 5.41) is 2.83. The number of aromatic nitrogens is 1. The minimum atomic E-state index is -0.504.